The smallest absolute Gasteiger partial charge is 0.271 e. The van der Waals surface area contributed by atoms with Crippen LogP contribution in [0.5, 0.6) is 0 Å². The van der Waals surface area contributed by atoms with Gasteiger partial charge in [-0.2, -0.15) is 0 Å². The van der Waals surface area contributed by atoms with E-state index in [0.717, 1.165) is 10.2 Å². The van der Waals surface area contributed by atoms with E-state index >= 15 is 0 Å². The second-order valence-corrected chi connectivity index (χ2v) is 5.95. The number of para-hydroxylation sites is 1. The normalized spacial score (nSPS) is 11.4. The van der Waals surface area contributed by atoms with Crippen LogP contribution in [0.3, 0.4) is 0 Å². The van der Waals surface area contributed by atoms with E-state index in [1.54, 1.807) is 6.07 Å². The summed E-state index contributed by atoms with van der Waals surface area (Å²) in [5, 5.41) is 7.84. The van der Waals surface area contributed by atoms with Gasteiger partial charge in [-0.25, -0.2) is 13.6 Å². The number of benzene rings is 1. The lowest BCUT2D eigenvalue weighted by Gasteiger charge is -2.06. The molecule has 18 heavy (non-hydrogen) atoms. The molecule has 2 aromatic rings. The molecular weight excluding hydrogens is 320 g/mol. The van der Waals surface area contributed by atoms with Gasteiger partial charge in [-0.3, -0.25) is 0 Å². The molecule has 0 saturated carbocycles. The standard InChI is InChI=1S/C11H11BrN2O3S/c12-9-3-1-2-4-10(9)14-7-8-5-6-11(17-8)18(13,15)16/h1-6,14H,7H2,(H2,13,15,16). The fourth-order valence-corrected chi connectivity index (χ4v) is 2.30. The van der Waals surface area contributed by atoms with Crippen LogP contribution in [0.2, 0.25) is 0 Å². The molecule has 1 aromatic heterocycles. The first-order chi connectivity index (χ1) is 8.47. The molecule has 0 radical (unpaired) electrons. The van der Waals surface area contributed by atoms with Crippen LogP contribution in [0, 0.1) is 0 Å². The quantitative estimate of drug-likeness (QED) is 0.900. The minimum absolute atomic E-state index is 0.230. The highest BCUT2D eigenvalue weighted by atomic mass is 79.9. The fraction of sp³-hybridized carbons (Fsp3) is 0.0909. The summed E-state index contributed by atoms with van der Waals surface area (Å²) in [5.74, 6) is 0.495. The highest BCUT2D eigenvalue weighted by Crippen LogP contribution is 2.22. The molecule has 0 fully saturated rings. The summed E-state index contributed by atoms with van der Waals surface area (Å²) in [5.41, 5.74) is 0.894. The lowest BCUT2D eigenvalue weighted by molar-refractivity contribution is 0.419. The third-order valence-electron chi connectivity index (χ3n) is 2.24. The highest BCUT2D eigenvalue weighted by Gasteiger charge is 2.13. The Labute approximate surface area is 113 Å². The van der Waals surface area contributed by atoms with Crippen molar-refractivity contribution in [2.75, 3.05) is 5.32 Å². The van der Waals surface area contributed by atoms with Gasteiger partial charge in [0.25, 0.3) is 10.0 Å². The van der Waals surface area contributed by atoms with Gasteiger partial charge in [-0.15, -0.1) is 0 Å². The molecule has 0 spiro atoms. The van der Waals surface area contributed by atoms with Gasteiger partial charge >= 0.3 is 0 Å². The Morgan fingerprint density at radius 1 is 1.22 bits per heavy atom. The maximum Gasteiger partial charge on any atom is 0.271 e. The summed E-state index contributed by atoms with van der Waals surface area (Å²) in [4.78, 5) is 0. The molecule has 96 valence electrons. The van der Waals surface area contributed by atoms with Crippen molar-refractivity contribution in [3.63, 3.8) is 0 Å². The number of sulfonamides is 1. The van der Waals surface area contributed by atoms with Crippen molar-refractivity contribution in [1.82, 2.24) is 0 Å². The molecule has 0 atom stereocenters. The number of nitrogens with two attached hydrogens (primary N) is 1. The minimum atomic E-state index is -3.78. The number of primary sulfonamides is 1. The average Bonchev–Trinajstić information content (AvgIpc) is 2.76. The van der Waals surface area contributed by atoms with Crippen LogP contribution in [0.25, 0.3) is 0 Å². The number of furan rings is 1. The van der Waals surface area contributed by atoms with Crippen molar-refractivity contribution in [3.05, 3.63) is 46.6 Å². The molecule has 2 rings (SSSR count). The number of nitrogens with one attached hydrogen (secondary N) is 1. The van der Waals surface area contributed by atoms with Crippen LogP contribution in [0.4, 0.5) is 5.69 Å². The number of hydrogen-bond donors (Lipinski definition) is 2. The molecule has 0 unspecified atom stereocenters. The Kier molecular flexibility index (Phi) is 3.74. The van der Waals surface area contributed by atoms with E-state index in [1.807, 2.05) is 24.3 Å². The fourth-order valence-electron chi connectivity index (χ4n) is 1.39. The molecule has 3 N–H and O–H groups in total. The average molecular weight is 331 g/mol. The van der Waals surface area contributed by atoms with Crippen LogP contribution in [-0.4, -0.2) is 8.42 Å². The summed E-state index contributed by atoms with van der Waals surface area (Å²) >= 11 is 3.40. The van der Waals surface area contributed by atoms with E-state index in [9.17, 15) is 8.42 Å². The Morgan fingerprint density at radius 2 is 1.94 bits per heavy atom. The second-order valence-electron chi connectivity index (χ2n) is 3.60. The summed E-state index contributed by atoms with van der Waals surface area (Å²) in [6.07, 6.45) is 0. The van der Waals surface area contributed by atoms with Gasteiger partial charge < -0.3 is 9.73 Å². The lowest BCUT2D eigenvalue weighted by atomic mass is 10.3. The highest BCUT2D eigenvalue weighted by molar-refractivity contribution is 9.10. The molecule has 0 bridgehead atoms. The van der Waals surface area contributed by atoms with Crippen LogP contribution in [0.15, 0.2) is 50.4 Å². The number of anilines is 1. The Hall–Kier alpha value is -1.31. The lowest BCUT2D eigenvalue weighted by Crippen LogP contribution is -2.10. The molecule has 1 aromatic carbocycles. The van der Waals surface area contributed by atoms with Crippen LogP contribution < -0.4 is 10.5 Å². The maximum atomic E-state index is 11.0. The molecule has 0 aliphatic carbocycles. The first kappa shape index (κ1) is 13.1. The third-order valence-corrected chi connectivity index (χ3v) is 3.72. The minimum Gasteiger partial charge on any atom is -0.446 e. The van der Waals surface area contributed by atoms with E-state index in [4.69, 9.17) is 9.56 Å². The van der Waals surface area contributed by atoms with Crippen LogP contribution >= 0.6 is 15.9 Å². The molecule has 0 aliphatic heterocycles. The number of rotatable bonds is 4. The zero-order chi connectivity index (χ0) is 13.2. The first-order valence-electron chi connectivity index (χ1n) is 5.07. The maximum absolute atomic E-state index is 11.0. The van der Waals surface area contributed by atoms with Crippen LogP contribution in [0.1, 0.15) is 5.76 Å². The molecule has 7 heteroatoms. The van der Waals surface area contributed by atoms with Crippen molar-refractivity contribution in [2.45, 2.75) is 11.6 Å². The molecule has 0 saturated heterocycles. The summed E-state index contributed by atoms with van der Waals surface area (Å²) in [7, 11) is -3.78. The van der Waals surface area contributed by atoms with Crippen molar-refractivity contribution in [1.29, 1.82) is 0 Å². The van der Waals surface area contributed by atoms with Crippen molar-refractivity contribution in [3.8, 4) is 0 Å². The zero-order valence-electron chi connectivity index (χ0n) is 9.26. The van der Waals surface area contributed by atoms with Crippen molar-refractivity contribution in [2.24, 2.45) is 5.14 Å². The van der Waals surface area contributed by atoms with Crippen molar-refractivity contribution >= 4 is 31.6 Å². The number of halogens is 1. The van der Waals surface area contributed by atoms with Gasteiger partial charge in [0.05, 0.1) is 6.54 Å². The van der Waals surface area contributed by atoms with Gasteiger partial charge in [0, 0.05) is 10.2 Å². The summed E-state index contributed by atoms with van der Waals surface area (Å²) in [6, 6.07) is 10.5. The monoisotopic (exact) mass is 330 g/mol. The van der Waals surface area contributed by atoms with E-state index in [-0.39, 0.29) is 5.09 Å². The first-order valence-corrected chi connectivity index (χ1v) is 7.40. The second kappa shape index (κ2) is 5.13. The van der Waals surface area contributed by atoms with Gasteiger partial charge in [0.1, 0.15) is 5.76 Å². The SMILES string of the molecule is NS(=O)(=O)c1ccc(CNc2ccccc2Br)o1. The van der Waals surface area contributed by atoms with Gasteiger partial charge in [0.2, 0.25) is 5.09 Å². The van der Waals surface area contributed by atoms with E-state index in [1.165, 1.54) is 6.07 Å². The Morgan fingerprint density at radius 3 is 2.56 bits per heavy atom. The zero-order valence-corrected chi connectivity index (χ0v) is 11.7. The van der Waals surface area contributed by atoms with Crippen molar-refractivity contribution < 1.29 is 12.8 Å². The molecular formula is C11H11BrN2O3S. The predicted molar refractivity (Wildman–Crippen MR) is 71.5 cm³/mol. The van der Waals surface area contributed by atoms with E-state index in [0.29, 0.717) is 12.3 Å². The summed E-state index contributed by atoms with van der Waals surface area (Å²) in [6.45, 7) is 0.373. The topological polar surface area (TPSA) is 85.3 Å². The van der Waals surface area contributed by atoms with E-state index in [2.05, 4.69) is 21.2 Å². The Balaban J connectivity index is 2.08. The van der Waals surface area contributed by atoms with Crippen LogP contribution in [-0.2, 0) is 16.6 Å². The molecule has 1 heterocycles. The number of hydrogen-bond acceptors (Lipinski definition) is 4. The third kappa shape index (κ3) is 3.12. The molecule has 0 aliphatic rings. The molecule has 0 amide bonds. The van der Waals surface area contributed by atoms with E-state index < -0.39 is 10.0 Å². The summed E-state index contributed by atoms with van der Waals surface area (Å²) < 4.78 is 28.1. The largest absolute Gasteiger partial charge is 0.446 e. The predicted octanol–water partition coefficient (Wildman–Crippen LogP) is 2.30. The van der Waals surface area contributed by atoms with Gasteiger partial charge in [0.15, 0.2) is 0 Å². The van der Waals surface area contributed by atoms with Gasteiger partial charge in [-0.05, 0) is 40.2 Å². The Bertz CT molecular complexity index is 652. The van der Waals surface area contributed by atoms with Gasteiger partial charge in [-0.1, -0.05) is 12.1 Å². The molecule has 5 nitrogen and oxygen atoms in total.